The smallest absolute Gasteiger partial charge is 0.278 e. The fourth-order valence-corrected chi connectivity index (χ4v) is 2.41. The number of nitro groups is 1. The van der Waals surface area contributed by atoms with Gasteiger partial charge in [-0.15, -0.1) is 0 Å². The van der Waals surface area contributed by atoms with Gasteiger partial charge < -0.3 is 9.52 Å². The van der Waals surface area contributed by atoms with E-state index in [4.69, 9.17) is 4.42 Å². The fourth-order valence-electron chi connectivity index (χ4n) is 2.41. The molecule has 3 rings (SSSR count). The summed E-state index contributed by atoms with van der Waals surface area (Å²) < 4.78 is 6.72. The molecule has 0 saturated heterocycles. The SMILES string of the molecule is CC(C)(O)CCn1cc2cc([N+](=O)[O-])c(-c3ccoc3)cc2n1. The van der Waals surface area contributed by atoms with Crippen molar-refractivity contribution in [2.75, 3.05) is 0 Å². The van der Waals surface area contributed by atoms with E-state index in [0.29, 0.717) is 35.0 Å². The van der Waals surface area contributed by atoms with Gasteiger partial charge >= 0.3 is 0 Å². The topological polar surface area (TPSA) is 94.3 Å². The lowest BCUT2D eigenvalue weighted by Gasteiger charge is -2.16. The van der Waals surface area contributed by atoms with Gasteiger partial charge in [0.15, 0.2) is 0 Å². The summed E-state index contributed by atoms with van der Waals surface area (Å²) in [5, 5.41) is 26.3. The predicted octanol–water partition coefficient (Wildman–Crippen LogP) is 3.37. The Hall–Kier alpha value is -2.67. The monoisotopic (exact) mass is 315 g/mol. The van der Waals surface area contributed by atoms with Crippen LogP contribution in [0.4, 0.5) is 5.69 Å². The predicted molar refractivity (Wildman–Crippen MR) is 85.0 cm³/mol. The molecule has 23 heavy (non-hydrogen) atoms. The Morgan fingerprint density at radius 3 is 2.83 bits per heavy atom. The zero-order chi connectivity index (χ0) is 16.6. The van der Waals surface area contributed by atoms with Crippen molar-refractivity contribution in [2.24, 2.45) is 0 Å². The molecule has 0 saturated carbocycles. The van der Waals surface area contributed by atoms with Crippen LogP contribution in [0.25, 0.3) is 22.0 Å². The Labute approximate surface area is 132 Å². The van der Waals surface area contributed by atoms with Crippen LogP contribution in [-0.2, 0) is 6.54 Å². The number of benzene rings is 1. The Bertz CT molecular complexity index is 844. The molecule has 0 fully saturated rings. The van der Waals surface area contributed by atoms with Gasteiger partial charge in [0.1, 0.15) is 0 Å². The average molecular weight is 315 g/mol. The lowest BCUT2D eigenvalue weighted by molar-refractivity contribution is -0.384. The summed E-state index contributed by atoms with van der Waals surface area (Å²) in [6.45, 7) is 4.00. The molecule has 1 N–H and O–H groups in total. The number of hydrogen-bond donors (Lipinski definition) is 1. The number of aromatic nitrogens is 2. The Balaban J connectivity index is 2.04. The van der Waals surface area contributed by atoms with E-state index in [0.717, 1.165) is 0 Å². The van der Waals surface area contributed by atoms with Gasteiger partial charge in [0.25, 0.3) is 5.69 Å². The van der Waals surface area contributed by atoms with E-state index in [9.17, 15) is 15.2 Å². The van der Waals surface area contributed by atoms with Crippen LogP contribution in [0, 0.1) is 10.1 Å². The van der Waals surface area contributed by atoms with E-state index in [1.54, 1.807) is 36.9 Å². The van der Waals surface area contributed by atoms with Crippen LogP contribution in [0.2, 0.25) is 0 Å². The van der Waals surface area contributed by atoms with Gasteiger partial charge in [-0.3, -0.25) is 14.8 Å². The van der Waals surface area contributed by atoms with Crippen LogP contribution in [0.15, 0.2) is 41.3 Å². The lowest BCUT2D eigenvalue weighted by Crippen LogP contribution is -2.21. The lowest BCUT2D eigenvalue weighted by atomic mass is 10.1. The highest BCUT2D eigenvalue weighted by Crippen LogP contribution is 2.33. The van der Waals surface area contributed by atoms with Crippen molar-refractivity contribution in [1.29, 1.82) is 0 Å². The van der Waals surface area contributed by atoms with Gasteiger partial charge in [-0.25, -0.2) is 0 Å². The first kappa shape index (κ1) is 15.2. The van der Waals surface area contributed by atoms with Crippen LogP contribution in [0.3, 0.4) is 0 Å². The van der Waals surface area contributed by atoms with Crippen molar-refractivity contribution < 1.29 is 14.4 Å². The molecule has 0 aliphatic rings. The standard InChI is InChI=1S/C16H17N3O4/c1-16(2,20)4-5-18-9-12-7-15(19(21)22)13(8-14(12)17-18)11-3-6-23-10-11/h3,6-10,20H,4-5H2,1-2H3. The second-order valence-electron chi connectivity index (χ2n) is 6.15. The first-order chi connectivity index (χ1) is 10.8. The van der Waals surface area contributed by atoms with Crippen LogP contribution in [0.1, 0.15) is 20.3 Å². The van der Waals surface area contributed by atoms with Gasteiger partial charge in [0, 0.05) is 29.8 Å². The molecular weight excluding hydrogens is 298 g/mol. The van der Waals surface area contributed by atoms with Crippen molar-refractivity contribution in [1.82, 2.24) is 9.78 Å². The molecule has 2 aromatic heterocycles. The number of rotatable bonds is 5. The van der Waals surface area contributed by atoms with E-state index in [1.807, 2.05) is 0 Å². The molecule has 0 radical (unpaired) electrons. The third-order valence-electron chi connectivity index (χ3n) is 3.65. The molecule has 0 bridgehead atoms. The fraction of sp³-hybridized carbons (Fsp3) is 0.312. The maximum Gasteiger partial charge on any atom is 0.278 e. The highest BCUT2D eigenvalue weighted by Gasteiger charge is 2.19. The maximum atomic E-state index is 11.3. The normalized spacial score (nSPS) is 12.0. The molecule has 3 aromatic rings. The summed E-state index contributed by atoms with van der Waals surface area (Å²) >= 11 is 0. The molecule has 1 aromatic carbocycles. The summed E-state index contributed by atoms with van der Waals surface area (Å²) in [7, 11) is 0. The third-order valence-corrected chi connectivity index (χ3v) is 3.65. The first-order valence-corrected chi connectivity index (χ1v) is 7.24. The Kier molecular flexibility index (Phi) is 3.65. The van der Waals surface area contributed by atoms with Gasteiger partial charge in [-0.05, 0) is 32.4 Å². The highest BCUT2D eigenvalue weighted by molar-refractivity contribution is 5.89. The Morgan fingerprint density at radius 1 is 1.43 bits per heavy atom. The number of furan rings is 1. The molecule has 0 atom stereocenters. The first-order valence-electron chi connectivity index (χ1n) is 7.24. The van der Waals surface area contributed by atoms with Crippen molar-refractivity contribution in [3.63, 3.8) is 0 Å². The van der Waals surface area contributed by atoms with Gasteiger partial charge in [0.2, 0.25) is 0 Å². The second-order valence-corrected chi connectivity index (χ2v) is 6.15. The molecule has 0 amide bonds. The highest BCUT2D eigenvalue weighted by atomic mass is 16.6. The minimum Gasteiger partial charge on any atom is -0.472 e. The number of aryl methyl sites for hydroxylation is 1. The van der Waals surface area contributed by atoms with Crippen LogP contribution >= 0.6 is 0 Å². The minimum atomic E-state index is -0.786. The number of hydrogen-bond acceptors (Lipinski definition) is 5. The van der Waals surface area contributed by atoms with Crippen LogP contribution in [-0.4, -0.2) is 25.4 Å². The summed E-state index contributed by atoms with van der Waals surface area (Å²) in [5.41, 5.74) is 1.02. The molecule has 7 heteroatoms. The molecular formula is C16H17N3O4. The number of fused-ring (bicyclic) bond motifs is 1. The van der Waals surface area contributed by atoms with E-state index in [-0.39, 0.29) is 5.69 Å². The molecule has 7 nitrogen and oxygen atoms in total. The average Bonchev–Trinajstić information content (AvgIpc) is 3.11. The van der Waals surface area contributed by atoms with Crippen molar-refractivity contribution in [3.8, 4) is 11.1 Å². The van der Waals surface area contributed by atoms with Gasteiger partial charge in [-0.1, -0.05) is 0 Å². The molecule has 0 aliphatic heterocycles. The molecule has 0 unspecified atom stereocenters. The maximum absolute atomic E-state index is 11.3. The number of nitro benzene ring substituents is 1. The summed E-state index contributed by atoms with van der Waals surface area (Å²) in [6, 6.07) is 4.89. The van der Waals surface area contributed by atoms with Gasteiger partial charge in [-0.2, -0.15) is 5.10 Å². The summed E-state index contributed by atoms with van der Waals surface area (Å²) in [5.74, 6) is 0. The van der Waals surface area contributed by atoms with Crippen LogP contribution < -0.4 is 0 Å². The molecule has 120 valence electrons. The van der Waals surface area contributed by atoms with Gasteiger partial charge in [0.05, 0.1) is 34.1 Å². The minimum absolute atomic E-state index is 0.0148. The molecule has 0 spiro atoms. The van der Waals surface area contributed by atoms with E-state index >= 15 is 0 Å². The van der Waals surface area contributed by atoms with Crippen molar-refractivity contribution >= 4 is 16.6 Å². The molecule has 0 aliphatic carbocycles. The van der Waals surface area contributed by atoms with E-state index in [1.165, 1.54) is 18.6 Å². The second kappa shape index (κ2) is 5.51. The number of aliphatic hydroxyl groups is 1. The quantitative estimate of drug-likeness (QED) is 0.575. The zero-order valence-corrected chi connectivity index (χ0v) is 12.9. The summed E-state index contributed by atoms with van der Waals surface area (Å²) in [4.78, 5) is 10.9. The van der Waals surface area contributed by atoms with Crippen molar-refractivity contribution in [2.45, 2.75) is 32.4 Å². The molecule has 2 heterocycles. The number of nitrogens with zero attached hydrogens (tertiary/aromatic N) is 3. The van der Waals surface area contributed by atoms with E-state index in [2.05, 4.69) is 5.10 Å². The largest absolute Gasteiger partial charge is 0.472 e. The Morgan fingerprint density at radius 2 is 2.22 bits per heavy atom. The third kappa shape index (κ3) is 3.24. The van der Waals surface area contributed by atoms with Crippen LogP contribution in [0.5, 0.6) is 0 Å². The zero-order valence-electron chi connectivity index (χ0n) is 12.9. The van der Waals surface area contributed by atoms with E-state index < -0.39 is 10.5 Å². The van der Waals surface area contributed by atoms with Crippen molar-refractivity contribution in [3.05, 3.63) is 47.0 Å². The summed E-state index contributed by atoms with van der Waals surface area (Å²) in [6.07, 6.45) is 5.25.